The summed E-state index contributed by atoms with van der Waals surface area (Å²) in [6.45, 7) is 9.48. The molecule has 1 aliphatic heterocycles. The third-order valence-electron chi connectivity index (χ3n) is 6.12. The molecular formula is C28H35F3N4O5. The molecule has 2 N–H and O–H groups in total. The number of carbonyl (C=O) groups is 3. The highest BCUT2D eigenvalue weighted by atomic mass is 19.4. The minimum Gasteiger partial charge on any atom is -0.482 e. The first-order chi connectivity index (χ1) is 18.6. The highest BCUT2D eigenvalue weighted by Crippen LogP contribution is 2.26. The SMILES string of the molecule is Cc1ccc([C@H](Oc2ccc(C(=O)N[C@H]3CCCN(C(=O)OC(C)(C)C)C3)nc2)[C@H](C)NC(=O)C(F)(F)F)cc1. The molecule has 40 heavy (non-hydrogen) atoms. The van der Waals surface area contributed by atoms with Crippen molar-refractivity contribution in [3.63, 3.8) is 0 Å². The Kier molecular flexibility index (Phi) is 9.65. The fourth-order valence-corrected chi connectivity index (χ4v) is 4.16. The Morgan fingerprint density at radius 2 is 1.75 bits per heavy atom. The van der Waals surface area contributed by atoms with Crippen LogP contribution in [0, 0.1) is 6.92 Å². The Labute approximate surface area is 231 Å². The first-order valence-electron chi connectivity index (χ1n) is 13.0. The minimum atomic E-state index is -5.04. The summed E-state index contributed by atoms with van der Waals surface area (Å²) in [5.41, 5.74) is 0.973. The topological polar surface area (TPSA) is 110 Å². The Hall–Kier alpha value is -3.83. The zero-order chi connectivity index (χ0) is 29.7. The van der Waals surface area contributed by atoms with Crippen molar-refractivity contribution in [2.45, 2.75) is 77.4 Å². The van der Waals surface area contributed by atoms with Crippen molar-refractivity contribution in [3.05, 3.63) is 59.4 Å². The average Bonchev–Trinajstić information content (AvgIpc) is 2.86. The van der Waals surface area contributed by atoms with Gasteiger partial charge in [-0.2, -0.15) is 13.2 Å². The molecule has 0 aliphatic carbocycles. The molecule has 218 valence electrons. The van der Waals surface area contributed by atoms with Crippen molar-refractivity contribution < 1.29 is 37.0 Å². The maximum Gasteiger partial charge on any atom is 0.471 e. The first-order valence-corrected chi connectivity index (χ1v) is 13.0. The monoisotopic (exact) mass is 564 g/mol. The number of halogens is 3. The van der Waals surface area contributed by atoms with E-state index in [0.29, 0.717) is 31.5 Å². The molecule has 12 heteroatoms. The molecule has 1 saturated heterocycles. The second-order valence-electron chi connectivity index (χ2n) is 10.8. The lowest BCUT2D eigenvalue weighted by atomic mass is 10.0. The average molecular weight is 565 g/mol. The van der Waals surface area contributed by atoms with Crippen molar-refractivity contribution in [2.75, 3.05) is 13.1 Å². The molecule has 0 bridgehead atoms. The van der Waals surface area contributed by atoms with Gasteiger partial charge in [-0.25, -0.2) is 9.78 Å². The molecule has 3 atom stereocenters. The molecule has 0 radical (unpaired) electrons. The highest BCUT2D eigenvalue weighted by Gasteiger charge is 2.40. The third kappa shape index (κ3) is 8.85. The van der Waals surface area contributed by atoms with E-state index in [2.05, 4.69) is 10.3 Å². The van der Waals surface area contributed by atoms with E-state index in [-0.39, 0.29) is 17.5 Å². The third-order valence-corrected chi connectivity index (χ3v) is 6.12. The van der Waals surface area contributed by atoms with Crippen LogP contribution in [0.25, 0.3) is 0 Å². The van der Waals surface area contributed by atoms with Gasteiger partial charge in [0.2, 0.25) is 0 Å². The number of nitrogens with zero attached hydrogens (tertiary/aromatic N) is 2. The Bertz CT molecular complexity index is 1180. The van der Waals surface area contributed by atoms with Crippen LogP contribution in [0.5, 0.6) is 5.75 Å². The molecule has 1 aromatic carbocycles. The van der Waals surface area contributed by atoms with Crippen LogP contribution in [-0.2, 0) is 9.53 Å². The number of amides is 3. The lowest BCUT2D eigenvalue weighted by Gasteiger charge is -2.34. The van der Waals surface area contributed by atoms with Crippen LogP contribution in [0.1, 0.15) is 68.3 Å². The van der Waals surface area contributed by atoms with Crippen LogP contribution in [-0.4, -0.2) is 64.7 Å². The van der Waals surface area contributed by atoms with Gasteiger partial charge in [0.15, 0.2) is 0 Å². The highest BCUT2D eigenvalue weighted by molar-refractivity contribution is 5.92. The van der Waals surface area contributed by atoms with E-state index in [9.17, 15) is 27.6 Å². The standard InChI is InChI=1S/C28H35F3N4O5/c1-17-8-10-19(11-9-17)23(18(2)33-25(37)28(29,30)31)39-21-12-13-22(32-15-21)24(36)34-20-7-6-14-35(16-20)26(38)40-27(3,4)5/h8-13,15,18,20,23H,6-7,14,16H2,1-5H3,(H,33,37)(H,34,36)/t18-,20-,23+/m0/s1. The van der Waals surface area contributed by atoms with Crippen molar-refractivity contribution in [1.29, 1.82) is 0 Å². The second-order valence-corrected chi connectivity index (χ2v) is 10.8. The zero-order valence-corrected chi connectivity index (χ0v) is 23.2. The number of carbonyl (C=O) groups excluding carboxylic acids is 3. The minimum absolute atomic E-state index is 0.104. The number of pyridine rings is 1. The molecule has 3 amide bonds. The van der Waals surface area contributed by atoms with E-state index < -0.39 is 41.8 Å². The van der Waals surface area contributed by atoms with E-state index in [1.54, 1.807) is 49.9 Å². The summed E-state index contributed by atoms with van der Waals surface area (Å²) in [6, 6.07) is 8.57. The zero-order valence-electron chi connectivity index (χ0n) is 23.2. The van der Waals surface area contributed by atoms with Crippen LogP contribution in [0.2, 0.25) is 0 Å². The number of aryl methyl sites for hydroxylation is 1. The molecule has 0 saturated carbocycles. The van der Waals surface area contributed by atoms with E-state index >= 15 is 0 Å². The maximum atomic E-state index is 12.8. The van der Waals surface area contributed by atoms with Gasteiger partial charge in [0.1, 0.15) is 23.1 Å². The van der Waals surface area contributed by atoms with Crippen molar-refractivity contribution in [2.24, 2.45) is 0 Å². The van der Waals surface area contributed by atoms with Gasteiger partial charge in [-0.05, 0) is 65.2 Å². The largest absolute Gasteiger partial charge is 0.482 e. The lowest BCUT2D eigenvalue weighted by Crippen LogP contribution is -2.50. The molecule has 2 aromatic rings. The molecular weight excluding hydrogens is 529 g/mol. The number of likely N-dealkylation sites (tertiary alicyclic amines) is 1. The van der Waals surface area contributed by atoms with Crippen LogP contribution < -0.4 is 15.4 Å². The van der Waals surface area contributed by atoms with Crippen LogP contribution in [0.4, 0.5) is 18.0 Å². The molecule has 1 aromatic heterocycles. The molecule has 1 fully saturated rings. The predicted molar refractivity (Wildman–Crippen MR) is 141 cm³/mol. The van der Waals surface area contributed by atoms with E-state index in [0.717, 1.165) is 5.56 Å². The summed E-state index contributed by atoms with van der Waals surface area (Å²) in [7, 11) is 0. The summed E-state index contributed by atoms with van der Waals surface area (Å²) >= 11 is 0. The number of alkyl halides is 3. The van der Waals surface area contributed by atoms with Gasteiger partial charge in [-0.1, -0.05) is 29.8 Å². The maximum absolute atomic E-state index is 12.8. The molecule has 9 nitrogen and oxygen atoms in total. The number of hydrogen-bond donors (Lipinski definition) is 2. The fraction of sp³-hybridized carbons (Fsp3) is 0.500. The van der Waals surface area contributed by atoms with Crippen molar-refractivity contribution >= 4 is 17.9 Å². The Morgan fingerprint density at radius 1 is 1.07 bits per heavy atom. The summed E-state index contributed by atoms with van der Waals surface area (Å²) in [5, 5.41) is 4.82. The molecule has 2 heterocycles. The number of ether oxygens (including phenoxy) is 2. The van der Waals surface area contributed by atoms with Crippen molar-refractivity contribution in [1.82, 2.24) is 20.5 Å². The van der Waals surface area contributed by atoms with Gasteiger partial charge in [0, 0.05) is 19.1 Å². The van der Waals surface area contributed by atoms with Crippen LogP contribution in [0.15, 0.2) is 42.6 Å². The summed E-state index contributed by atoms with van der Waals surface area (Å²) in [5.74, 6) is -2.31. The Balaban J connectivity index is 1.67. The first kappa shape index (κ1) is 30.7. The predicted octanol–water partition coefficient (Wildman–Crippen LogP) is 4.71. The lowest BCUT2D eigenvalue weighted by molar-refractivity contribution is -0.174. The van der Waals surface area contributed by atoms with Gasteiger partial charge >= 0.3 is 18.2 Å². The van der Waals surface area contributed by atoms with Crippen molar-refractivity contribution in [3.8, 4) is 5.75 Å². The van der Waals surface area contributed by atoms with Gasteiger partial charge in [-0.3, -0.25) is 9.59 Å². The van der Waals surface area contributed by atoms with E-state index in [1.165, 1.54) is 25.3 Å². The normalized spacial score (nSPS) is 17.4. The number of benzene rings is 1. The Morgan fingerprint density at radius 3 is 2.33 bits per heavy atom. The number of rotatable bonds is 7. The van der Waals surface area contributed by atoms with Crippen LogP contribution in [0.3, 0.4) is 0 Å². The number of piperidine rings is 1. The summed E-state index contributed by atoms with van der Waals surface area (Å²) < 4.78 is 49.9. The van der Waals surface area contributed by atoms with Gasteiger partial charge in [0.05, 0.1) is 12.2 Å². The van der Waals surface area contributed by atoms with Gasteiger partial charge < -0.3 is 25.0 Å². The summed E-state index contributed by atoms with van der Waals surface area (Å²) in [6.07, 6.45) is -3.75. The molecule has 0 unspecified atom stereocenters. The van der Waals surface area contributed by atoms with E-state index in [4.69, 9.17) is 9.47 Å². The molecule has 0 spiro atoms. The quantitative estimate of drug-likeness (QED) is 0.504. The molecule has 3 rings (SSSR count). The smallest absolute Gasteiger partial charge is 0.471 e. The fourth-order valence-electron chi connectivity index (χ4n) is 4.16. The van der Waals surface area contributed by atoms with E-state index in [1.807, 2.05) is 12.2 Å². The van der Waals surface area contributed by atoms with Gasteiger partial charge in [0.25, 0.3) is 5.91 Å². The molecule has 1 aliphatic rings. The second kappa shape index (κ2) is 12.6. The number of aromatic nitrogens is 1. The van der Waals surface area contributed by atoms with Crippen LogP contribution >= 0.6 is 0 Å². The number of hydrogen-bond acceptors (Lipinski definition) is 6. The van der Waals surface area contributed by atoms with Gasteiger partial charge in [-0.15, -0.1) is 0 Å². The summed E-state index contributed by atoms with van der Waals surface area (Å²) in [4.78, 5) is 42.5. The number of nitrogens with one attached hydrogen (secondary N) is 2.